The first-order valence-electron chi connectivity index (χ1n) is 5.38. The van der Waals surface area contributed by atoms with Crippen LogP contribution in [0, 0.1) is 0 Å². The van der Waals surface area contributed by atoms with Gasteiger partial charge in [-0.15, -0.1) is 0 Å². The summed E-state index contributed by atoms with van der Waals surface area (Å²) in [4.78, 5) is 15.5. The number of ether oxygens (including phenoxy) is 1. The highest BCUT2D eigenvalue weighted by Gasteiger charge is 2.11. The number of methoxy groups -OCH3 is 1. The largest absolute Gasteiger partial charge is 0.384 e. The smallest absolute Gasteiger partial charge is 0.242 e. The van der Waals surface area contributed by atoms with Gasteiger partial charge in [-0.3, -0.25) is 4.79 Å². The molecule has 1 aromatic rings. The van der Waals surface area contributed by atoms with Crippen LogP contribution in [0.25, 0.3) is 0 Å². The Morgan fingerprint density at radius 2 is 2.41 bits per heavy atom. The summed E-state index contributed by atoms with van der Waals surface area (Å²) in [5.74, 6) is 0.333. The number of carbonyl (C=O) groups excluding carboxylic acids is 1. The number of anilines is 2. The molecule has 0 bridgehead atoms. The molecule has 17 heavy (non-hydrogen) atoms. The minimum atomic E-state index is -0.339. The van der Waals surface area contributed by atoms with Crippen LogP contribution < -0.4 is 16.4 Å². The summed E-state index contributed by atoms with van der Waals surface area (Å²) in [5.41, 5.74) is 6.31. The molecule has 0 fully saturated rings. The average molecular weight is 238 g/mol. The van der Waals surface area contributed by atoms with Crippen LogP contribution in [0.3, 0.4) is 0 Å². The van der Waals surface area contributed by atoms with E-state index in [1.807, 2.05) is 0 Å². The van der Waals surface area contributed by atoms with Crippen LogP contribution in [0.1, 0.15) is 6.92 Å². The number of amides is 1. The molecule has 1 aromatic heterocycles. The summed E-state index contributed by atoms with van der Waals surface area (Å²) in [6.45, 7) is 2.78. The highest BCUT2D eigenvalue weighted by molar-refractivity contribution is 5.84. The normalized spacial score (nSPS) is 11.9. The van der Waals surface area contributed by atoms with Crippen LogP contribution in [0.5, 0.6) is 0 Å². The van der Waals surface area contributed by atoms with Crippen molar-refractivity contribution < 1.29 is 9.53 Å². The van der Waals surface area contributed by atoms with Crippen molar-refractivity contribution in [2.45, 2.75) is 13.0 Å². The van der Waals surface area contributed by atoms with Crippen molar-refractivity contribution in [1.29, 1.82) is 0 Å². The molecule has 0 aliphatic carbocycles. The van der Waals surface area contributed by atoms with E-state index in [9.17, 15) is 4.79 Å². The predicted molar refractivity (Wildman–Crippen MR) is 66.6 cm³/mol. The SMILES string of the molecule is COCCNC(=O)C(C)Nc1ccnc(N)c1. The van der Waals surface area contributed by atoms with E-state index in [0.717, 1.165) is 5.69 Å². The van der Waals surface area contributed by atoms with Gasteiger partial charge in [0.05, 0.1) is 6.61 Å². The van der Waals surface area contributed by atoms with Gasteiger partial charge in [-0.05, 0) is 13.0 Å². The van der Waals surface area contributed by atoms with Crippen molar-refractivity contribution in [3.05, 3.63) is 18.3 Å². The molecular formula is C11H18N4O2. The molecule has 1 unspecified atom stereocenters. The van der Waals surface area contributed by atoms with Gasteiger partial charge in [-0.1, -0.05) is 0 Å². The Kier molecular flexibility index (Phi) is 5.22. The molecule has 0 aliphatic rings. The zero-order chi connectivity index (χ0) is 12.7. The molecule has 6 heteroatoms. The quantitative estimate of drug-likeness (QED) is 0.617. The van der Waals surface area contributed by atoms with E-state index in [2.05, 4.69) is 15.6 Å². The standard InChI is InChI=1S/C11H18N4O2/c1-8(11(16)14-5-6-17-2)15-9-3-4-13-10(12)7-9/h3-4,7-8H,5-6H2,1-2H3,(H,14,16)(H3,12,13,15). The predicted octanol–water partition coefficient (Wildman–Crippen LogP) is 0.227. The van der Waals surface area contributed by atoms with E-state index in [1.54, 1.807) is 32.4 Å². The molecule has 0 saturated heterocycles. The highest BCUT2D eigenvalue weighted by atomic mass is 16.5. The Morgan fingerprint density at radius 1 is 1.65 bits per heavy atom. The number of nitrogens with two attached hydrogens (primary N) is 1. The van der Waals surface area contributed by atoms with Crippen molar-refractivity contribution in [2.24, 2.45) is 0 Å². The fourth-order valence-electron chi connectivity index (χ4n) is 1.28. The van der Waals surface area contributed by atoms with Crippen molar-refractivity contribution in [3.8, 4) is 0 Å². The Labute approximate surface area is 101 Å². The lowest BCUT2D eigenvalue weighted by atomic mass is 10.3. The molecule has 0 aromatic carbocycles. The van der Waals surface area contributed by atoms with Crippen LogP contribution in [-0.4, -0.2) is 37.2 Å². The molecule has 1 heterocycles. The van der Waals surface area contributed by atoms with Gasteiger partial charge in [0.15, 0.2) is 0 Å². The second-order valence-electron chi connectivity index (χ2n) is 3.62. The number of nitrogen functional groups attached to an aromatic ring is 1. The minimum absolute atomic E-state index is 0.0857. The lowest BCUT2D eigenvalue weighted by Gasteiger charge is -2.15. The van der Waals surface area contributed by atoms with Gasteiger partial charge in [0.2, 0.25) is 5.91 Å². The number of hydrogen-bond acceptors (Lipinski definition) is 5. The monoisotopic (exact) mass is 238 g/mol. The summed E-state index contributed by atoms with van der Waals surface area (Å²) < 4.78 is 4.85. The van der Waals surface area contributed by atoms with Crippen LogP contribution >= 0.6 is 0 Å². The zero-order valence-electron chi connectivity index (χ0n) is 10.1. The molecule has 1 amide bonds. The van der Waals surface area contributed by atoms with E-state index < -0.39 is 0 Å². The van der Waals surface area contributed by atoms with Gasteiger partial charge < -0.3 is 21.1 Å². The first kappa shape index (κ1) is 13.2. The molecule has 0 radical (unpaired) electrons. The Morgan fingerprint density at radius 3 is 3.06 bits per heavy atom. The second kappa shape index (κ2) is 6.70. The summed E-state index contributed by atoms with van der Waals surface area (Å²) in [6, 6.07) is 3.10. The van der Waals surface area contributed by atoms with Gasteiger partial charge in [-0.25, -0.2) is 4.98 Å². The average Bonchev–Trinajstić information content (AvgIpc) is 2.29. The first-order valence-corrected chi connectivity index (χ1v) is 5.38. The summed E-state index contributed by atoms with van der Waals surface area (Å²) in [5, 5.41) is 5.78. The third kappa shape index (κ3) is 4.69. The molecule has 94 valence electrons. The second-order valence-corrected chi connectivity index (χ2v) is 3.62. The van der Waals surface area contributed by atoms with Gasteiger partial charge in [0.25, 0.3) is 0 Å². The molecule has 1 atom stereocenters. The number of aromatic nitrogens is 1. The van der Waals surface area contributed by atoms with Crippen molar-refractivity contribution >= 4 is 17.4 Å². The Bertz CT molecular complexity index is 370. The molecule has 4 N–H and O–H groups in total. The van der Waals surface area contributed by atoms with E-state index in [4.69, 9.17) is 10.5 Å². The Balaban J connectivity index is 2.43. The van der Waals surface area contributed by atoms with E-state index in [-0.39, 0.29) is 11.9 Å². The molecule has 1 rings (SSSR count). The van der Waals surface area contributed by atoms with Crippen LogP contribution in [0.2, 0.25) is 0 Å². The van der Waals surface area contributed by atoms with E-state index in [1.165, 1.54) is 0 Å². The summed E-state index contributed by atoms with van der Waals surface area (Å²) in [7, 11) is 1.59. The zero-order valence-corrected chi connectivity index (χ0v) is 10.1. The number of nitrogens with zero attached hydrogens (tertiary/aromatic N) is 1. The van der Waals surface area contributed by atoms with Crippen LogP contribution in [-0.2, 0) is 9.53 Å². The van der Waals surface area contributed by atoms with Gasteiger partial charge in [-0.2, -0.15) is 0 Å². The maximum absolute atomic E-state index is 11.6. The number of carbonyl (C=O) groups is 1. The summed E-state index contributed by atoms with van der Waals surface area (Å²) in [6.07, 6.45) is 1.59. The molecular weight excluding hydrogens is 220 g/mol. The maximum atomic E-state index is 11.6. The van der Waals surface area contributed by atoms with Crippen molar-refractivity contribution in [1.82, 2.24) is 10.3 Å². The maximum Gasteiger partial charge on any atom is 0.242 e. The lowest BCUT2D eigenvalue weighted by molar-refractivity contribution is -0.121. The van der Waals surface area contributed by atoms with E-state index in [0.29, 0.717) is 19.0 Å². The van der Waals surface area contributed by atoms with E-state index >= 15 is 0 Å². The number of rotatable bonds is 6. The number of nitrogens with one attached hydrogen (secondary N) is 2. The topological polar surface area (TPSA) is 89.3 Å². The number of pyridine rings is 1. The number of hydrogen-bond donors (Lipinski definition) is 3. The van der Waals surface area contributed by atoms with Crippen molar-refractivity contribution in [3.63, 3.8) is 0 Å². The minimum Gasteiger partial charge on any atom is -0.384 e. The Hall–Kier alpha value is -1.82. The summed E-state index contributed by atoms with van der Waals surface area (Å²) >= 11 is 0. The van der Waals surface area contributed by atoms with Gasteiger partial charge in [0, 0.05) is 31.6 Å². The van der Waals surface area contributed by atoms with Gasteiger partial charge >= 0.3 is 0 Å². The first-order chi connectivity index (χ1) is 8.13. The third-order valence-electron chi connectivity index (χ3n) is 2.16. The molecule has 6 nitrogen and oxygen atoms in total. The highest BCUT2D eigenvalue weighted by Crippen LogP contribution is 2.10. The molecule has 0 aliphatic heterocycles. The molecule has 0 spiro atoms. The fourth-order valence-corrected chi connectivity index (χ4v) is 1.28. The van der Waals surface area contributed by atoms with Gasteiger partial charge in [0.1, 0.15) is 11.9 Å². The van der Waals surface area contributed by atoms with Crippen molar-refractivity contribution in [2.75, 3.05) is 31.3 Å². The van der Waals surface area contributed by atoms with Crippen LogP contribution in [0.15, 0.2) is 18.3 Å². The fraction of sp³-hybridized carbons (Fsp3) is 0.455. The third-order valence-corrected chi connectivity index (χ3v) is 2.16. The van der Waals surface area contributed by atoms with Crippen LogP contribution in [0.4, 0.5) is 11.5 Å². The molecule has 0 saturated carbocycles. The lowest BCUT2D eigenvalue weighted by Crippen LogP contribution is -2.39.